The Labute approximate surface area is 123 Å². The first kappa shape index (κ1) is 15.7. The third-order valence-corrected chi connectivity index (χ3v) is 5.18. The quantitative estimate of drug-likeness (QED) is 0.511. The van der Waals surface area contributed by atoms with Crippen molar-refractivity contribution in [1.82, 2.24) is 9.29 Å². The predicted molar refractivity (Wildman–Crippen MR) is 75.7 cm³/mol. The molecule has 0 aliphatic carbocycles. The van der Waals surface area contributed by atoms with Crippen molar-refractivity contribution in [2.45, 2.75) is 30.5 Å². The molecule has 0 spiro atoms. The molecule has 1 saturated heterocycles. The Kier molecular flexibility index (Phi) is 4.79. The lowest BCUT2D eigenvalue weighted by molar-refractivity contribution is 0.130. The molecule has 1 fully saturated rings. The fourth-order valence-electron chi connectivity index (χ4n) is 2.41. The van der Waals surface area contributed by atoms with Crippen LogP contribution in [0.2, 0.25) is 0 Å². The van der Waals surface area contributed by atoms with Gasteiger partial charge in [-0.25, -0.2) is 13.4 Å². The van der Waals surface area contributed by atoms with E-state index in [0.717, 1.165) is 0 Å². The van der Waals surface area contributed by atoms with E-state index >= 15 is 0 Å². The first-order valence-corrected chi connectivity index (χ1v) is 8.02. The van der Waals surface area contributed by atoms with Gasteiger partial charge < -0.3 is 5.11 Å². The summed E-state index contributed by atoms with van der Waals surface area (Å²) in [5.41, 5.74) is 8.52. The van der Waals surface area contributed by atoms with E-state index in [1.165, 1.54) is 16.6 Å². The van der Waals surface area contributed by atoms with Crippen LogP contribution in [-0.4, -0.2) is 48.0 Å². The molecule has 2 heterocycles. The molecule has 8 nitrogen and oxygen atoms in total. The van der Waals surface area contributed by atoms with Crippen molar-refractivity contribution < 1.29 is 13.5 Å². The second kappa shape index (κ2) is 6.40. The predicted octanol–water partition coefficient (Wildman–Crippen LogP) is 1.15. The number of sulfonamides is 1. The SMILES string of the molecule is CC1CC(N=[N+]=[N-])C(O)CN(S(=O)(=O)c2ccccn2)C1. The highest BCUT2D eigenvalue weighted by molar-refractivity contribution is 7.89. The Morgan fingerprint density at radius 2 is 2.24 bits per heavy atom. The molecule has 21 heavy (non-hydrogen) atoms. The summed E-state index contributed by atoms with van der Waals surface area (Å²) >= 11 is 0. The first-order valence-electron chi connectivity index (χ1n) is 6.58. The number of rotatable bonds is 3. The number of aliphatic hydroxyl groups excluding tert-OH is 1. The van der Waals surface area contributed by atoms with E-state index in [4.69, 9.17) is 5.53 Å². The average molecular weight is 311 g/mol. The summed E-state index contributed by atoms with van der Waals surface area (Å²) < 4.78 is 26.3. The Hall–Kier alpha value is -1.67. The van der Waals surface area contributed by atoms with Crippen LogP contribution >= 0.6 is 0 Å². The van der Waals surface area contributed by atoms with Gasteiger partial charge in [0.15, 0.2) is 5.03 Å². The van der Waals surface area contributed by atoms with Gasteiger partial charge in [-0.3, -0.25) is 0 Å². The van der Waals surface area contributed by atoms with Gasteiger partial charge in [0, 0.05) is 24.2 Å². The normalized spacial score (nSPS) is 27.6. The van der Waals surface area contributed by atoms with Gasteiger partial charge in [-0.1, -0.05) is 18.1 Å². The van der Waals surface area contributed by atoms with Crippen LogP contribution in [-0.2, 0) is 10.0 Å². The molecule has 114 valence electrons. The van der Waals surface area contributed by atoms with Gasteiger partial charge >= 0.3 is 0 Å². The van der Waals surface area contributed by atoms with E-state index in [1.807, 2.05) is 6.92 Å². The monoisotopic (exact) mass is 311 g/mol. The maximum Gasteiger partial charge on any atom is 0.260 e. The van der Waals surface area contributed by atoms with Crippen LogP contribution in [0.1, 0.15) is 13.3 Å². The van der Waals surface area contributed by atoms with Crippen LogP contribution in [0, 0.1) is 5.92 Å². The molecule has 0 saturated carbocycles. The molecule has 2 rings (SSSR count). The summed E-state index contributed by atoms with van der Waals surface area (Å²) in [6.07, 6.45) is 0.830. The van der Waals surface area contributed by atoms with Crippen LogP contribution in [0.25, 0.3) is 10.4 Å². The topological polar surface area (TPSA) is 119 Å². The number of β-amino-alcohol motifs (C(OH)–C–C–N with tert-alkyl or cyclic N) is 1. The third-order valence-electron chi connectivity index (χ3n) is 3.44. The average Bonchev–Trinajstić information content (AvgIpc) is 2.60. The molecule has 1 aliphatic heterocycles. The number of aliphatic hydroxyl groups is 1. The minimum absolute atomic E-state index is 0.0314. The second-order valence-corrected chi connectivity index (χ2v) is 7.06. The van der Waals surface area contributed by atoms with E-state index < -0.39 is 22.2 Å². The second-order valence-electron chi connectivity index (χ2n) is 5.17. The molecule has 1 N–H and O–H groups in total. The highest BCUT2D eigenvalue weighted by atomic mass is 32.2. The summed E-state index contributed by atoms with van der Waals surface area (Å²) in [6, 6.07) is 4.04. The van der Waals surface area contributed by atoms with E-state index in [1.54, 1.807) is 12.1 Å². The maximum atomic E-state index is 12.5. The molecule has 0 aromatic carbocycles. The molecule has 9 heteroatoms. The zero-order valence-electron chi connectivity index (χ0n) is 11.6. The lowest BCUT2D eigenvalue weighted by atomic mass is 10.0. The minimum Gasteiger partial charge on any atom is -0.391 e. The van der Waals surface area contributed by atoms with Crippen LogP contribution < -0.4 is 0 Å². The number of hydrogen-bond acceptors (Lipinski definition) is 5. The van der Waals surface area contributed by atoms with Gasteiger partial charge in [-0.05, 0) is 30.0 Å². The lowest BCUT2D eigenvalue weighted by Crippen LogP contribution is -2.39. The smallest absolute Gasteiger partial charge is 0.260 e. The Bertz CT molecular complexity index is 630. The molecular weight excluding hydrogens is 294 g/mol. The van der Waals surface area contributed by atoms with Crippen LogP contribution in [0.3, 0.4) is 0 Å². The van der Waals surface area contributed by atoms with Gasteiger partial charge in [0.1, 0.15) is 0 Å². The summed E-state index contributed by atoms with van der Waals surface area (Å²) in [6.45, 7) is 2.01. The third kappa shape index (κ3) is 3.51. The minimum atomic E-state index is -3.76. The van der Waals surface area contributed by atoms with Gasteiger partial charge in [0.05, 0.1) is 12.1 Å². The molecule has 3 unspecified atom stereocenters. The van der Waals surface area contributed by atoms with Crippen LogP contribution in [0.4, 0.5) is 0 Å². The van der Waals surface area contributed by atoms with Crippen LogP contribution in [0.5, 0.6) is 0 Å². The molecule has 0 bridgehead atoms. The molecule has 1 aliphatic rings. The Morgan fingerprint density at radius 3 is 2.86 bits per heavy atom. The van der Waals surface area contributed by atoms with E-state index in [-0.39, 0.29) is 24.0 Å². The molecule has 0 amide bonds. The number of nitrogens with zero attached hydrogens (tertiary/aromatic N) is 5. The van der Waals surface area contributed by atoms with Crippen molar-refractivity contribution in [3.05, 3.63) is 34.8 Å². The molecule has 1 aromatic rings. The number of pyridine rings is 1. The van der Waals surface area contributed by atoms with Crippen molar-refractivity contribution in [2.24, 2.45) is 11.0 Å². The van der Waals surface area contributed by atoms with Crippen LogP contribution in [0.15, 0.2) is 34.5 Å². The molecule has 1 aromatic heterocycles. The largest absolute Gasteiger partial charge is 0.391 e. The highest BCUT2D eigenvalue weighted by Gasteiger charge is 2.35. The summed E-state index contributed by atoms with van der Waals surface area (Å²) in [5.74, 6) is -0.0314. The van der Waals surface area contributed by atoms with Gasteiger partial charge in [-0.15, -0.1) is 0 Å². The Balaban J connectivity index is 2.30. The fraction of sp³-hybridized carbons (Fsp3) is 0.583. The summed E-state index contributed by atoms with van der Waals surface area (Å²) in [5, 5.41) is 13.6. The van der Waals surface area contributed by atoms with E-state index in [9.17, 15) is 13.5 Å². The fourth-order valence-corrected chi connectivity index (χ4v) is 3.92. The number of hydrogen-bond donors (Lipinski definition) is 1. The number of azide groups is 1. The van der Waals surface area contributed by atoms with E-state index in [0.29, 0.717) is 6.42 Å². The standard InChI is InChI=1S/C12H17N5O3S/c1-9-6-10(15-16-13)11(18)8-17(7-9)21(19,20)12-4-2-3-5-14-12/h2-5,9-11,18H,6-8H2,1H3. The van der Waals surface area contributed by atoms with Crippen molar-refractivity contribution in [2.75, 3.05) is 13.1 Å². The highest BCUT2D eigenvalue weighted by Crippen LogP contribution is 2.24. The molecule has 0 radical (unpaired) electrons. The van der Waals surface area contributed by atoms with Crippen molar-refractivity contribution in [3.8, 4) is 0 Å². The number of aromatic nitrogens is 1. The maximum absolute atomic E-state index is 12.5. The zero-order valence-corrected chi connectivity index (χ0v) is 12.4. The van der Waals surface area contributed by atoms with Gasteiger partial charge in [0.2, 0.25) is 0 Å². The van der Waals surface area contributed by atoms with Crippen molar-refractivity contribution >= 4 is 10.0 Å². The first-order chi connectivity index (χ1) is 9.95. The molecular formula is C12H17N5O3S. The van der Waals surface area contributed by atoms with Gasteiger partial charge in [0.25, 0.3) is 10.0 Å². The van der Waals surface area contributed by atoms with E-state index in [2.05, 4.69) is 15.0 Å². The van der Waals surface area contributed by atoms with Gasteiger partial charge in [-0.2, -0.15) is 4.31 Å². The Morgan fingerprint density at radius 1 is 1.48 bits per heavy atom. The summed E-state index contributed by atoms with van der Waals surface area (Å²) in [4.78, 5) is 6.58. The lowest BCUT2D eigenvalue weighted by Gasteiger charge is -2.23. The van der Waals surface area contributed by atoms with Crippen molar-refractivity contribution in [3.63, 3.8) is 0 Å². The van der Waals surface area contributed by atoms with Crippen molar-refractivity contribution in [1.29, 1.82) is 0 Å². The molecule has 3 atom stereocenters. The summed E-state index contributed by atoms with van der Waals surface area (Å²) in [7, 11) is -3.76. The zero-order chi connectivity index (χ0) is 15.5.